The van der Waals surface area contributed by atoms with E-state index in [2.05, 4.69) is 4.90 Å². The maximum absolute atomic E-state index is 12.8. The minimum absolute atomic E-state index is 0.0732. The van der Waals surface area contributed by atoms with Crippen LogP contribution in [0.3, 0.4) is 0 Å². The summed E-state index contributed by atoms with van der Waals surface area (Å²) in [5.74, 6) is 0.293. The van der Waals surface area contributed by atoms with E-state index in [1.165, 1.54) is 12.1 Å². The second-order valence-corrected chi connectivity index (χ2v) is 6.25. The maximum Gasteiger partial charge on any atom is 0.416 e. The van der Waals surface area contributed by atoms with Gasteiger partial charge in [0.1, 0.15) is 11.5 Å². The van der Waals surface area contributed by atoms with Gasteiger partial charge in [-0.25, -0.2) is 0 Å². The lowest BCUT2D eigenvalue weighted by molar-refractivity contribution is -0.137. The third-order valence-corrected chi connectivity index (χ3v) is 4.27. The number of nitrogens with zero attached hydrogens (tertiary/aromatic N) is 2. The maximum atomic E-state index is 12.8. The van der Waals surface area contributed by atoms with Crippen LogP contribution in [0.4, 0.5) is 13.2 Å². The van der Waals surface area contributed by atoms with E-state index in [0.717, 1.165) is 25.2 Å². The fourth-order valence-corrected chi connectivity index (χ4v) is 2.76. The van der Waals surface area contributed by atoms with Gasteiger partial charge >= 0.3 is 6.18 Å². The number of alkyl halides is 3. The molecule has 0 aromatic heterocycles. The molecular formula is C19H19F3N2O2. The van der Waals surface area contributed by atoms with Crippen molar-refractivity contribution in [2.24, 2.45) is 0 Å². The van der Waals surface area contributed by atoms with Crippen LogP contribution < -0.4 is 4.74 Å². The van der Waals surface area contributed by atoms with Crippen molar-refractivity contribution in [1.82, 2.24) is 9.80 Å². The first-order valence-electron chi connectivity index (χ1n) is 8.26. The lowest BCUT2D eigenvalue weighted by Crippen LogP contribution is -2.47. The van der Waals surface area contributed by atoms with E-state index in [1.807, 2.05) is 7.05 Å². The van der Waals surface area contributed by atoms with Gasteiger partial charge in [0.15, 0.2) is 0 Å². The zero-order chi connectivity index (χ0) is 18.7. The van der Waals surface area contributed by atoms with Crippen LogP contribution in [-0.4, -0.2) is 48.9 Å². The van der Waals surface area contributed by atoms with E-state index in [0.29, 0.717) is 24.4 Å². The van der Waals surface area contributed by atoms with Crippen molar-refractivity contribution < 1.29 is 22.7 Å². The molecule has 0 aliphatic carbocycles. The molecule has 4 nitrogen and oxygen atoms in total. The molecule has 2 aromatic carbocycles. The molecule has 0 radical (unpaired) electrons. The SMILES string of the molecule is CN1CCN(C(=O)c2cccc(Oc3cccc(C(F)(F)F)c3)c2)CC1. The highest BCUT2D eigenvalue weighted by Crippen LogP contribution is 2.32. The topological polar surface area (TPSA) is 32.8 Å². The Bertz CT molecular complexity index is 784. The van der Waals surface area contributed by atoms with Gasteiger partial charge in [0.05, 0.1) is 5.56 Å². The molecule has 0 atom stereocenters. The Labute approximate surface area is 149 Å². The van der Waals surface area contributed by atoms with Gasteiger partial charge in [0.25, 0.3) is 5.91 Å². The number of carbonyl (C=O) groups excluding carboxylic acids is 1. The van der Waals surface area contributed by atoms with Crippen molar-refractivity contribution in [3.05, 3.63) is 59.7 Å². The van der Waals surface area contributed by atoms with Crippen LogP contribution in [0.2, 0.25) is 0 Å². The third-order valence-electron chi connectivity index (χ3n) is 4.27. The number of likely N-dealkylation sites (N-methyl/N-ethyl adjacent to an activating group) is 1. The molecule has 1 aliphatic rings. The highest BCUT2D eigenvalue weighted by molar-refractivity contribution is 5.94. The van der Waals surface area contributed by atoms with Crippen molar-refractivity contribution in [2.75, 3.05) is 33.2 Å². The summed E-state index contributed by atoms with van der Waals surface area (Å²) < 4.78 is 43.9. The van der Waals surface area contributed by atoms with Gasteiger partial charge in [0.2, 0.25) is 0 Å². The summed E-state index contributed by atoms with van der Waals surface area (Å²) in [6.07, 6.45) is -4.43. The molecule has 7 heteroatoms. The van der Waals surface area contributed by atoms with Crippen molar-refractivity contribution in [3.8, 4) is 11.5 Å². The molecule has 3 rings (SSSR count). The van der Waals surface area contributed by atoms with Gasteiger partial charge in [-0.3, -0.25) is 4.79 Å². The van der Waals surface area contributed by atoms with Crippen molar-refractivity contribution in [2.45, 2.75) is 6.18 Å². The largest absolute Gasteiger partial charge is 0.457 e. The van der Waals surface area contributed by atoms with Gasteiger partial charge in [-0.15, -0.1) is 0 Å². The number of halogens is 3. The second kappa shape index (κ2) is 7.37. The number of rotatable bonds is 3. The molecule has 1 fully saturated rings. The molecule has 2 aromatic rings. The van der Waals surface area contributed by atoms with E-state index in [-0.39, 0.29) is 11.7 Å². The van der Waals surface area contributed by atoms with Crippen LogP contribution >= 0.6 is 0 Å². The minimum atomic E-state index is -4.43. The Hall–Kier alpha value is -2.54. The van der Waals surface area contributed by atoms with Gasteiger partial charge in [0, 0.05) is 31.7 Å². The monoisotopic (exact) mass is 364 g/mol. The Morgan fingerprint density at radius 2 is 1.58 bits per heavy atom. The summed E-state index contributed by atoms with van der Waals surface area (Å²) in [6, 6.07) is 11.2. The van der Waals surface area contributed by atoms with E-state index >= 15 is 0 Å². The smallest absolute Gasteiger partial charge is 0.416 e. The number of benzene rings is 2. The zero-order valence-electron chi connectivity index (χ0n) is 14.3. The zero-order valence-corrected chi connectivity index (χ0v) is 14.3. The minimum Gasteiger partial charge on any atom is -0.457 e. The van der Waals surface area contributed by atoms with Gasteiger partial charge in [-0.05, 0) is 43.4 Å². The normalized spacial score (nSPS) is 15.8. The molecule has 0 bridgehead atoms. The predicted octanol–water partition coefficient (Wildman–Crippen LogP) is 3.89. The summed E-state index contributed by atoms with van der Waals surface area (Å²) in [5, 5.41) is 0. The van der Waals surface area contributed by atoms with Crippen molar-refractivity contribution in [3.63, 3.8) is 0 Å². The molecule has 1 saturated heterocycles. The van der Waals surface area contributed by atoms with Crippen LogP contribution in [0.15, 0.2) is 48.5 Å². The van der Waals surface area contributed by atoms with Gasteiger partial charge in [-0.2, -0.15) is 13.2 Å². The number of ether oxygens (including phenoxy) is 1. The Morgan fingerprint density at radius 3 is 2.23 bits per heavy atom. The molecule has 26 heavy (non-hydrogen) atoms. The molecule has 1 aliphatic heterocycles. The molecule has 0 unspecified atom stereocenters. The Kier molecular flexibility index (Phi) is 5.18. The summed E-state index contributed by atoms with van der Waals surface area (Å²) in [4.78, 5) is 16.5. The lowest BCUT2D eigenvalue weighted by Gasteiger charge is -2.32. The first-order chi connectivity index (χ1) is 12.3. The summed E-state index contributed by atoms with van der Waals surface area (Å²) in [5.41, 5.74) is -0.321. The fourth-order valence-electron chi connectivity index (χ4n) is 2.76. The van der Waals surface area contributed by atoms with Crippen LogP contribution in [-0.2, 0) is 6.18 Å². The van der Waals surface area contributed by atoms with E-state index < -0.39 is 11.7 Å². The molecule has 0 spiro atoms. The standard InChI is InChI=1S/C19H19F3N2O2/c1-23-8-10-24(11-9-23)18(25)14-4-2-6-16(12-14)26-17-7-3-5-15(13-17)19(20,21)22/h2-7,12-13H,8-11H2,1H3. The Balaban J connectivity index is 1.74. The van der Waals surface area contributed by atoms with E-state index in [9.17, 15) is 18.0 Å². The highest BCUT2D eigenvalue weighted by Gasteiger charge is 2.30. The van der Waals surface area contributed by atoms with E-state index in [1.54, 1.807) is 29.2 Å². The number of piperazine rings is 1. The van der Waals surface area contributed by atoms with Crippen LogP contribution in [0.25, 0.3) is 0 Å². The molecule has 0 saturated carbocycles. The Morgan fingerprint density at radius 1 is 0.962 bits per heavy atom. The number of carbonyl (C=O) groups is 1. The van der Waals surface area contributed by atoms with Crippen LogP contribution in [0.5, 0.6) is 11.5 Å². The third kappa shape index (κ3) is 4.35. The summed E-state index contributed by atoms with van der Waals surface area (Å²) >= 11 is 0. The fraction of sp³-hybridized carbons (Fsp3) is 0.316. The molecule has 0 N–H and O–H groups in total. The lowest BCUT2D eigenvalue weighted by atomic mass is 10.1. The summed E-state index contributed by atoms with van der Waals surface area (Å²) in [7, 11) is 2.01. The first-order valence-corrected chi connectivity index (χ1v) is 8.26. The molecule has 1 amide bonds. The highest BCUT2D eigenvalue weighted by atomic mass is 19.4. The van der Waals surface area contributed by atoms with Crippen LogP contribution in [0.1, 0.15) is 15.9 Å². The number of hydrogen-bond donors (Lipinski definition) is 0. The predicted molar refractivity (Wildman–Crippen MR) is 91.4 cm³/mol. The molecule has 1 heterocycles. The quantitative estimate of drug-likeness (QED) is 0.829. The van der Waals surface area contributed by atoms with Crippen molar-refractivity contribution >= 4 is 5.91 Å². The van der Waals surface area contributed by atoms with Crippen molar-refractivity contribution in [1.29, 1.82) is 0 Å². The number of amides is 1. The van der Waals surface area contributed by atoms with Gasteiger partial charge in [-0.1, -0.05) is 12.1 Å². The second-order valence-electron chi connectivity index (χ2n) is 6.25. The molecule has 138 valence electrons. The van der Waals surface area contributed by atoms with E-state index in [4.69, 9.17) is 4.74 Å². The van der Waals surface area contributed by atoms with Crippen LogP contribution in [0, 0.1) is 0 Å². The van der Waals surface area contributed by atoms with Gasteiger partial charge < -0.3 is 14.5 Å². The molecular weight excluding hydrogens is 345 g/mol. The number of hydrogen-bond acceptors (Lipinski definition) is 3. The average Bonchev–Trinajstić information content (AvgIpc) is 2.61. The first kappa shape index (κ1) is 18.3. The summed E-state index contributed by atoms with van der Waals surface area (Å²) in [6.45, 7) is 2.92. The average molecular weight is 364 g/mol.